The van der Waals surface area contributed by atoms with E-state index in [0.29, 0.717) is 42.0 Å². The van der Waals surface area contributed by atoms with Gasteiger partial charge in [-0.25, -0.2) is 0 Å². The van der Waals surface area contributed by atoms with Crippen LogP contribution in [-0.2, 0) is 0 Å². The van der Waals surface area contributed by atoms with Crippen LogP contribution in [-0.4, -0.2) is 37.1 Å². The third-order valence-corrected chi connectivity index (χ3v) is 5.23. The molecule has 1 N–H and O–H groups in total. The van der Waals surface area contributed by atoms with E-state index in [0.717, 1.165) is 25.9 Å². The van der Waals surface area contributed by atoms with Gasteiger partial charge in [0.15, 0.2) is 11.5 Å². The summed E-state index contributed by atoms with van der Waals surface area (Å²) in [6, 6.07) is 9.78. The zero-order chi connectivity index (χ0) is 20.4. The summed E-state index contributed by atoms with van der Waals surface area (Å²) < 4.78 is 11.0. The second-order valence-corrected chi connectivity index (χ2v) is 7.47. The van der Waals surface area contributed by atoms with Crippen LogP contribution >= 0.6 is 0 Å². The number of carbonyl (C=O) groups excluding carboxylic acids is 1. The number of carbonyl (C=O) groups is 1. The number of fused-ring (bicyclic) bond motifs is 1. The van der Waals surface area contributed by atoms with Crippen molar-refractivity contribution in [3.05, 3.63) is 52.1 Å². The van der Waals surface area contributed by atoms with Crippen LogP contribution in [0, 0.1) is 16.0 Å². The fraction of sp³-hybridized carbons (Fsp3) is 0.381. The molecule has 2 aliphatic rings. The molecular weight excluding hydrogens is 374 g/mol. The third kappa shape index (κ3) is 4.11. The van der Waals surface area contributed by atoms with Crippen LogP contribution < -0.4 is 19.7 Å². The number of benzene rings is 2. The van der Waals surface area contributed by atoms with Crippen molar-refractivity contribution in [3.63, 3.8) is 0 Å². The number of anilines is 2. The molecule has 2 aromatic carbocycles. The lowest BCUT2D eigenvalue weighted by molar-refractivity contribution is -0.384. The Bertz CT molecular complexity index is 946. The Hall–Kier alpha value is -3.29. The van der Waals surface area contributed by atoms with Gasteiger partial charge in [0.1, 0.15) is 18.9 Å². The first-order valence-electron chi connectivity index (χ1n) is 9.75. The number of amides is 1. The smallest absolute Gasteiger partial charge is 0.293 e. The molecule has 0 aliphatic carbocycles. The molecule has 1 amide bonds. The molecular formula is C21H23N3O5. The summed E-state index contributed by atoms with van der Waals surface area (Å²) >= 11 is 0. The van der Waals surface area contributed by atoms with Crippen LogP contribution in [0.3, 0.4) is 0 Å². The number of hydrogen-bond acceptors (Lipinski definition) is 6. The molecule has 1 atom stereocenters. The summed E-state index contributed by atoms with van der Waals surface area (Å²) in [6.07, 6.45) is 2.13. The Morgan fingerprint density at radius 2 is 1.97 bits per heavy atom. The lowest BCUT2D eigenvalue weighted by atomic mass is 9.99. The molecule has 2 aromatic rings. The first-order chi connectivity index (χ1) is 14.0. The normalized spacial score (nSPS) is 18.2. The number of rotatable bonds is 4. The molecule has 4 rings (SSSR count). The molecule has 0 unspecified atom stereocenters. The van der Waals surface area contributed by atoms with E-state index in [1.165, 1.54) is 6.07 Å². The summed E-state index contributed by atoms with van der Waals surface area (Å²) in [5.74, 6) is 1.27. The lowest BCUT2D eigenvalue weighted by Gasteiger charge is -2.32. The van der Waals surface area contributed by atoms with Crippen LogP contribution in [0.1, 0.15) is 30.1 Å². The highest BCUT2D eigenvalue weighted by Crippen LogP contribution is 2.34. The number of piperidine rings is 1. The molecule has 0 radical (unpaired) electrons. The molecule has 152 valence electrons. The minimum absolute atomic E-state index is 0.0473. The maximum atomic E-state index is 12.7. The molecule has 2 aliphatic heterocycles. The van der Waals surface area contributed by atoms with Crippen LogP contribution in [0.4, 0.5) is 17.1 Å². The Balaban J connectivity index is 1.55. The zero-order valence-electron chi connectivity index (χ0n) is 16.2. The van der Waals surface area contributed by atoms with Gasteiger partial charge in [-0.15, -0.1) is 0 Å². The number of hydrogen-bond donors (Lipinski definition) is 1. The second-order valence-electron chi connectivity index (χ2n) is 7.47. The third-order valence-electron chi connectivity index (χ3n) is 5.23. The minimum Gasteiger partial charge on any atom is -0.486 e. The van der Waals surface area contributed by atoms with Gasteiger partial charge in [0.05, 0.1) is 4.92 Å². The van der Waals surface area contributed by atoms with E-state index >= 15 is 0 Å². The van der Waals surface area contributed by atoms with Crippen molar-refractivity contribution in [2.24, 2.45) is 5.92 Å². The molecule has 1 fully saturated rings. The number of nitrogens with zero attached hydrogens (tertiary/aromatic N) is 2. The van der Waals surface area contributed by atoms with Gasteiger partial charge in [0.2, 0.25) is 0 Å². The fourth-order valence-corrected chi connectivity index (χ4v) is 3.81. The van der Waals surface area contributed by atoms with Gasteiger partial charge in [0, 0.05) is 36.5 Å². The summed E-state index contributed by atoms with van der Waals surface area (Å²) in [6.45, 7) is 4.66. The van der Waals surface area contributed by atoms with E-state index in [2.05, 4.69) is 12.2 Å². The second kappa shape index (κ2) is 7.98. The van der Waals surface area contributed by atoms with E-state index in [-0.39, 0.29) is 11.3 Å². The van der Waals surface area contributed by atoms with E-state index in [4.69, 9.17) is 9.47 Å². The van der Waals surface area contributed by atoms with Crippen LogP contribution in [0.5, 0.6) is 11.5 Å². The van der Waals surface area contributed by atoms with Gasteiger partial charge in [0.25, 0.3) is 11.6 Å². The van der Waals surface area contributed by atoms with Crippen molar-refractivity contribution < 1.29 is 19.2 Å². The van der Waals surface area contributed by atoms with E-state index in [1.54, 1.807) is 30.3 Å². The van der Waals surface area contributed by atoms with Crippen molar-refractivity contribution in [1.82, 2.24) is 0 Å². The summed E-state index contributed by atoms with van der Waals surface area (Å²) in [4.78, 5) is 25.9. The van der Waals surface area contributed by atoms with Gasteiger partial charge < -0.3 is 19.7 Å². The molecule has 0 saturated carbocycles. The Labute approximate surface area is 168 Å². The average molecular weight is 397 g/mol. The van der Waals surface area contributed by atoms with Gasteiger partial charge in [-0.3, -0.25) is 14.9 Å². The lowest BCUT2D eigenvalue weighted by Crippen LogP contribution is -2.34. The van der Waals surface area contributed by atoms with Gasteiger partial charge in [-0.05, 0) is 43.0 Å². The molecule has 0 bridgehead atoms. The largest absolute Gasteiger partial charge is 0.486 e. The molecule has 1 saturated heterocycles. The maximum absolute atomic E-state index is 12.7. The van der Waals surface area contributed by atoms with Gasteiger partial charge in [-0.1, -0.05) is 6.92 Å². The predicted octanol–water partition coefficient (Wildman–Crippen LogP) is 3.85. The summed E-state index contributed by atoms with van der Waals surface area (Å²) in [5, 5.41) is 14.4. The van der Waals surface area contributed by atoms with E-state index in [1.807, 2.05) is 4.90 Å². The number of nitrogens with one attached hydrogen (secondary N) is 1. The highest BCUT2D eigenvalue weighted by Gasteiger charge is 2.25. The Morgan fingerprint density at radius 3 is 2.72 bits per heavy atom. The molecule has 8 nitrogen and oxygen atoms in total. The zero-order valence-corrected chi connectivity index (χ0v) is 16.2. The fourth-order valence-electron chi connectivity index (χ4n) is 3.81. The predicted molar refractivity (Wildman–Crippen MR) is 109 cm³/mol. The van der Waals surface area contributed by atoms with Crippen molar-refractivity contribution in [2.75, 3.05) is 36.5 Å². The molecule has 8 heteroatoms. The monoisotopic (exact) mass is 397 g/mol. The van der Waals surface area contributed by atoms with Gasteiger partial charge in [-0.2, -0.15) is 0 Å². The summed E-state index contributed by atoms with van der Waals surface area (Å²) in [7, 11) is 0. The van der Waals surface area contributed by atoms with Crippen LogP contribution in [0.15, 0.2) is 36.4 Å². The molecule has 0 aromatic heterocycles. The minimum atomic E-state index is -0.421. The standard InChI is InChI=1S/C21H23N3O5/c1-14-3-2-8-23(13-14)17-6-4-15(11-18(17)24(26)27)21(25)22-16-5-7-19-20(12-16)29-10-9-28-19/h4-7,11-12,14H,2-3,8-10,13H2,1H3,(H,22,25)/t14-/m1/s1. The van der Waals surface area contributed by atoms with Crippen molar-refractivity contribution >= 4 is 23.0 Å². The van der Waals surface area contributed by atoms with E-state index < -0.39 is 10.8 Å². The summed E-state index contributed by atoms with van der Waals surface area (Å²) in [5.41, 5.74) is 1.29. The van der Waals surface area contributed by atoms with Gasteiger partial charge >= 0.3 is 0 Å². The van der Waals surface area contributed by atoms with Crippen LogP contribution in [0.25, 0.3) is 0 Å². The van der Waals surface area contributed by atoms with Crippen molar-refractivity contribution in [3.8, 4) is 11.5 Å². The SMILES string of the molecule is C[C@@H]1CCCN(c2ccc(C(=O)Nc3ccc4c(c3)OCCO4)cc2[N+](=O)[O-])C1. The van der Waals surface area contributed by atoms with Crippen molar-refractivity contribution in [1.29, 1.82) is 0 Å². The number of ether oxygens (including phenoxy) is 2. The topological polar surface area (TPSA) is 93.9 Å². The Morgan fingerprint density at radius 1 is 1.17 bits per heavy atom. The maximum Gasteiger partial charge on any atom is 0.293 e. The first-order valence-corrected chi connectivity index (χ1v) is 9.75. The average Bonchev–Trinajstić information content (AvgIpc) is 2.73. The Kier molecular flexibility index (Phi) is 5.24. The molecule has 0 spiro atoms. The van der Waals surface area contributed by atoms with E-state index in [9.17, 15) is 14.9 Å². The highest BCUT2D eigenvalue weighted by atomic mass is 16.6. The molecule has 29 heavy (non-hydrogen) atoms. The number of nitro groups is 1. The first kappa shape index (κ1) is 19.0. The highest BCUT2D eigenvalue weighted by molar-refractivity contribution is 6.05. The quantitative estimate of drug-likeness (QED) is 0.622. The van der Waals surface area contributed by atoms with Crippen molar-refractivity contribution in [2.45, 2.75) is 19.8 Å². The number of nitro benzene ring substituents is 1. The molecule has 2 heterocycles. The van der Waals surface area contributed by atoms with Crippen LogP contribution in [0.2, 0.25) is 0 Å².